The lowest BCUT2D eigenvalue weighted by molar-refractivity contribution is -0.385. The lowest BCUT2D eigenvalue weighted by Gasteiger charge is -2.24. The van der Waals surface area contributed by atoms with Gasteiger partial charge in [-0.3, -0.25) is 14.9 Å². The first-order valence-corrected chi connectivity index (χ1v) is 7.51. The van der Waals surface area contributed by atoms with Gasteiger partial charge < -0.3 is 0 Å². The number of hydrogen-bond donors (Lipinski definition) is 0. The van der Waals surface area contributed by atoms with Gasteiger partial charge in [0.05, 0.1) is 4.92 Å². The van der Waals surface area contributed by atoms with Gasteiger partial charge >= 0.3 is 0 Å². The first kappa shape index (κ1) is 13.3. The van der Waals surface area contributed by atoms with Crippen LogP contribution in [0.1, 0.15) is 72.3 Å². The Morgan fingerprint density at radius 1 is 1.05 bits per heavy atom. The number of Topliss-reactive ketones (excluding diaryl/α,β-unsaturated/α-hetero) is 1. The lowest BCUT2D eigenvalue weighted by Crippen LogP contribution is -2.15. The fraction of sp³-hybridized carbons (Fsp3) is 0.562. The number of ketones is 1. The number of nitro groups is 1. The first-order valence-electron chi connectivity index (χ1n) is 7.51. The molecule has 1 fully saturated rings. The molecule has 0 amide bonds. The van der Waals surface area contributed by atoms with Crippen molar-refractivity contribution < 1.29 is 9.72 Å². The van der Waals surface area contributed by atoms with Gasteiger partial charge in [0, 0.05) is 23.6 Å². The molecule has 1 aromatic carbocycles. The van der Waals surface area contributed by atoms with Gasteiger partial charge in [0.15, 0.2) is 5.78 Å². The molecule has 4 nitrogen and oxygen atoms in total. The second kappa shape index (κ2) is 5.35. The molecule has 4 heteroatoms. The summed E-state index contributed by atoms with van der Waals surface area (Å²) in [7, 11) is 0. The SMILES string of the molecule is O=C1CCCc2c1cc(C1CCCCC1)cc2[N+](=O)[O-]. The monoisotopic (exact) mass is 273 g/mol. The zero-order valence-corrected chi connectivity index (χ0v) is 11.6. The molecule has 106 valence electrons. The molecule has 0 spiro atoms. The van der Waals surface area contributed by atoms with Gasteiger partial charge in [0.25, 0.3) is 5.69 Å². The highest BCUT2D eigenvalue weighted by Gasteiger charge is 2.28. The summed E-state index contributed by atoms with van der Waals surface area (Å²) in [4.78, 5) is 23.1. The van der Waals surface area contributed by atoms with Crippen molar-refractivity contribution >= 4 is 11.5 Å². The third-order valence-electron chi connectivity index (χ3n) is 4.65. The third kappa shape index (κ3) is 2.35. The van der Waals surface area contributed by atoms with E-state index in [1.54, 1.807) is 6.07 Å². The van der Waals surface area contributed by atoms with Gasteiger partial charge in [-0.2, -0.15) is 0 Å². The summed E-state index contributed by atoms with van der Waals surface area (Å²) >= 11 is 0. The van der Waals surface area contributed by atoms with E-state index in [1.807, 2.05) is 6.07 Å². The zero-order valence-electron chi connectivity index (χ0n) is 11.6. The summed E-state index contributed by atoms with van der Waals surface area (Å²) in [5.74, 6) is 0.467. The minimum atomic E-state index is -0.316. The standard InChI is InChI=1S/C16H19NO3/c18-16-8-4-7-13-14(16)9-12(10-15(13)17(19)20)11-5-2-1-3-6-11/h9-11H,1-8H2. The maximum atomic E-state index is 12.1. The topological polar surface area (TPSA) is 60.2 Å². The predicted molar refractivity (Wildman–Crippen MR) is 76.2 cm³/mol. The quantitative estimate of drug-likeness (QED) is 0.600. The highest BCUT2D eigenvalue weighted by atomic mass is 16.6. The van der Waals surface area contributed by atoms with Crippen LogP contribution in [-0.2, 0) is 6.42 Å². The van der Waals surface area contributed by atoms with E-state index in [1.165, 1.54) is 19.3 Å². The number of hydrogen-bond acceptors (Lipinski definition) is 3. The second-order valence-electron chi connectivity index (χ2n) is 5.93. The van der Waals surface area contributed by atoms with Crippen LogP contribution >= 0.6 is 0 Å². The number of carbonyl (C=O) groups is 1. The van der Waals surface area contributed by atoms with Crippen LogP contribution in [-0.4, -0.2) is 10.7 Å². The molecule has 1 saturated carbocycles. The lowest BCUT2D eigenvalue weighted by atomic mass is 9.80. The number of nitrogens with zero attached hydrogens (tertiary/aromatic N) is 1. The van der Waals surface area contributed by atoms with Crippen LogP contribution in [0.2, 0.25) is 0 Å². The van der Waals surface area contributed by atoms with Crippen LogP contribution in [0.5, 0.6) is 0 Å². The van der Waals surface area contributed by atoms with Gasteiger partial charge in [-0.1, -0.05) is 19.3 Å². The van der Waals surface area contributed by atoms with Gasteiger partial charge in [-0.05, 0) is 43.2 Å². The van der Waals surface area contributed by atoms with Gasteiger partial charge in [-0.15, -0.1) is 0 Å². The Labute approximate surface area is 118 Å². The Bertz CT molecular complexity index is 542. The molecule has 0 heterocycles. The molecule has 0 bridgehead atoms. The minimum Gasteiger partial charge on any atom is -0.294 e. The molecule has 0 N–H and O–H groups in total. The molecule has 2 aliphatic rings. The third-order valence-corrected chi connectivity index (χ3v) is 4.65. The van der Waals surface area contributed by atoms with E-state index in [4.69, 9.17) is 0 Å². The van der Waals surface area contributed by atoms with Crippen LogP contribution in [0.3, 0.4) is 0 Å². The fourth-order valence-corrected chi connectivity index (χ4v) is 3.58. The molecule has 0 atom stereocenters. The van der Waals surface area contributed by atoms with Crippen molar-refractivity contribution in [3.63, 3.8) is 0 Å². The van der Waals surface area contributed by atoms with Gasteiger partial charge in [-0.25, -0.2) is 0 Å². The maximum absolute atomic E-state index is 12.1. The fourth-order valence-electron chi connectivity index (χ4n) is 3.58. The summed E-state index contributed by atoms with van der Waals surface area (Å²) in [5, 5.41) is 11.3. The number of nitro benzene ring substituents is 1. The van der Waals surface area contributed by atoms with E-state index in [0.29, 0.717) is 29.9 Å². The van der Waals surface area contributed by atoms with Crippen LogP contribution < -0.4 is 0 Å². The average molecular weight is 273 g/mol. The Kier molecular flexibility index (Phi) is 3.55. The van der Waals surface area contributed by atoms with E-state index in [9.17, 15) is 14.9 Å². The predicted octanol–water partition coefficient (Wildman–Crippen LogP) is 4.16. The number of rotatable bonds is 2. The van der Waals surface area contributed by atoms with E-state index in [-0.39, 0.29) is 16.4 Å². The molecule has 0 radical (unpaired) electrons. The highest BCUT2D eigenvalue weighted by Crippen LogP contribution is 2.38. The summed E-state index contributed by atoms with van der Waals surface area (Å²) < 4.78 is 0. The summed E-state index contributed by atoms with van der Waals surface area (Å²) in [6.07, 6.45) is 7.71. The van der Waals surface area contributed by atoms with E-state index in [0.717, 1.165) is 24.8 Å². The molecular weight excluding hydrogens is 254 g/mol. The molecule has 0 aliphatic heterocycles. The molecule has 3 rings (SSSR count). The highest BCUT2D eigenvalue weighted by molar-refractivity contribution is 5.99. The van der Waals surface area contributed by atoms with Gasteiger partial charge in [0.1, 0.15) is 0 Å². The normalized spacial score (nSPS) is 19.7. The van der Waals surface area contributed by atoms with E-state index < -0.39 is 0 Å². The van der Waals surface area contributed by atoms with Crippen molar-refractivity contribution in [1.29, 1.82) is 0 Å². The molecule has 1 aromatic rings. The summed E-state index contributed by atoms with van der Waals surface area (Å²) in [6, 6.07) is 3.67. The summed E-state index contributed by atoms with van der Waals surface area (Å²) in [5.41, 5.74) is 2.44. The van der Waals surface area contributed by atoms with Gasteiger partial charge in [0.2, 0.25) is 0 Å². The Balaban J connectivity index is 2.07. The van der Waals surface area contributed by atoms with Crippen LogP contribution in [0, 0.1) is 10.1 Å². The largest absolute Gasteiger partial charge is 0.294 e. The van der Waals surface area contributed by atoms with Crippen LogP contribution in [0.15, 0.2) is 12.1 Å². The van der Waals surface area contributed by atoms with E-state index in [2.05, 4.69) is 0 Å². The first-order chi connectivity index (χ1) is 9.66. The number of carbonyl (C=O) groups excluding carboxylic acids is 1. The van der Waals surface area contributed by atoms with Crippen LogP contribution in [0.25, 0.3) is 0 Å². The molecule has 0 saturated heterocycles. The van der Waals surface area contributed by atoms with Crippen molar-refractivity contribution in [2.45, 2.75) is 57.3 Å². The smallest absolute Gasteiger partial charge is 0.273 e. The molecular formula is C16H19NO3. The van der Waals surface area contributed by atoms with Crippen LogP contribution in [0.4, 0.5) is 5.69 Å². The van der Waals surface area contributed by atoms with Crippen molar-refractivity contribution in [3.8, 4) is 0 Å². The molecule has 0 unspecified atom stereocenters. The Hall–Kier alpha value is -1.71. The Morgan fingerprint density at radius 2 is 1.80 bits per heavy atom. The second-order valence-corrected chi connectivity index (χ2v) is 5.93. The van der Waals surface area contributed by atoms with Crippen molar-refractivity contribution in [1.82, 2.24) is 0 Å². The summed E-state index contributed by atoms with van der Waals surface area (Å²) in [6.45, 7) is 0. The van der Waals surface area contributed by atoms with Crippen molar-refractivity contribution in [2.24, 2.45) is 0 Å². The zero-order chi connectivity index (χ0) is 14.1. The number of fused-ring (bicyclic) bond motifs is 1. The molecule has 20 heavy (non-hydrogen) atoms. The average Bonchev–Trinajstić information content (AvgIpc) is 2.47. The Morgan fingerprint density at radius 3 is 2.50 bits per heavy atom. The minimum absolute atomic E-state index is 0.0759. The molecule has 0 aromatic heterocycles. The molecule has 2 aliphatic carbocycles. The van der Waals surface area contributed by atoms with Crippen molar-refractivity contribution in [2.75, 3.05) is 0 Å². The van der Waals surface area contributed by atoms with Crippen molar-refractivity contribution in [3.05, 3.63) is 38.9 Å². The maximum Gasteiger partial charge on any atom is 0.273 e. The number of benzene rings is 1. The van der Waals surface area contributed by atoms with E-state index >= 15 is 0 Å².